The van der Waals surface area contributed by atoms with Crippen LogP contribution in [-0.4, -0.2) is 37.2 Å². The molecule has 152 valence electrons. The van der Waals surface area contributed by atoms with E-state index in [1.54, 1.807) is 26.8 Å². The van der Waals surface area contributed by atoms with Gasteiger partial charge in [0.05, 0.1) is 13.7 Å². The molecule has 2 aromatic rings. The van der Waals surface area contributed by atoms with Gasteiger partial charge in [0.1, 0.15) is 21.5 Å². The minimum Gasteiger partial charge on any atom is -0.481 e. The van der Waals surface area contributed by atoms with Crippen molar-refractivity contribution in [3.63, 3.8) is 0 Å². The Bertz CT molecular complexity index is 960. The molecule has 0 aromatic carbocycles. The molecule has 0 atom stereocenters. The van der Waals surface area contributed by atoms with Gasteiger partial charge < -0.3 is 14.8 Å². The summed E-state index contributed by atoms with van der Waals surface area (Å²) >= 11 is 5.85. The number of pyridine rings is 2. The van der Waals surface area contributed by atoms with Crippen LogP contribution in [0.25, 0.3) is 0 Å². The number of carbonyl (C=O) groups is 1. The Morgan fingerprint density at radius 2 is 1.96 bits per heavy atom. The summed E-state index contributed by atoms with van der Waals surface area (Å²) in [7, 11) is -2.60. The van der Waals surface area contributed by atoms with E-state index in [9.17, 15) is 13.2 Å². The molecule has 2 heterocycles. The Labute approximate surface area is 168 Å². The SMILES string of the molecule is COc1nc(NS(=O)(=O)c2cccnc2Cl)ccc1CNC(=O)OC(C)(C)C. The second kappa shape index (κ2) is 8.61. The number of hydrogen-bond acceptors (Lipinski definition) is 7. The molecule has 0 saturated heterocycles. The summed E-state index contributed by atoms with van der Waals surface area (Å²) < 4.78 is 37.6. The van der Waals surface area contributed by atoms with E-state index in [1.165, 1.54) is 31.5 Å². The molecule has 0 aliphatic heterocycles. The van der Waals surface area contributed by atoms with E-state index in [1.807, 2.05) is 0 Å². The molecule has 11 heteroatoms. The number of nitrogens with one attached hydrogen (secondary N) is 2. The third kappa shape index (κ3) is 5.96. The summed E-state index contributed by atoms with van der Waals surface area (Å²) in [5, 5.41) is 2.43. The van der Waals surface area contributed by atoms with Gasteiger partial charge in [0.25, 0.3) is 10.0 Å². The van der Waals surface area contributed by atoms with E-state index >= 15 is 0 Å². The zero-order valence-corrected chi connectivity index (χ0v) is 17.4. The van der Waals surface area contributed by atoms with E-state index in [-0.39, 0.29) is 28.3 Å². The van der Waals surface area contributed by atoms with Crippen molar-refractivity contribution in [2.45, 2.75) is 37.8 Å². The maximum Gasteiger partial charge on any atom is 0.407 e. The van der Waals surface area contributed by atoms with Crippen molar-refractivity contribution in [1.29, 1.82) is 0 Å². The molecule has 0 aliphatic rings. The summed E-state index contributed by atoms with van der Waals surface area (Å²) in [6, 6.07) is 5.80. The third-order valence-electron chi connectivity index (χ3n) is 3.21. The molecule has 0 radical (unpaired) electrons. The van der Waals surface area contributed by atoms with Crippen molar-refractivity contribution in [3.8, 4) is 5.88 Å². The minimum absolute atomic E-state index is 0.0257. The second-order valence-corrected chi connectivity index (χ2v) is 8.63. The molecule has 2 N–H and O–H groups in total. The average molecular weight is 429 g/mol. The number of carbonyl (C=O) groups excluding carboxylic acids is 1. The van der Waals surface area contributed by atoms with E-state index < -0.39 is 21.7 Å². The lowest BCUT2D eigenvalue weighted by molar-refractivity contribution is 0.0523. The van der Waals surface area contributed by atoms with Gasteiger partial charge in [0, 0.05) is 11.8 Å². The Morgan fingerprint density at radius 3 is 2.57 bits per heavy atom. The lowest BCUT2D eigenvalue weighted by Crippen LogP contribution is -2.32. The largest absolute Gasteiger partial charge is 0.481 e. The number of amides is 1. The highest BCUT2D eigenvalue weighted by atomic mass is 35.5. The van der Waals surface area contributed by atoms with Crippen molar-refractivity contribution in [1.82, 2.24) is 15.3 Å². The van der Waals surface area contributed by atoms with Crippen molar-refractivity contribution >= 4 is 33.5 Å². The van der Waals surface area contributed by atoms with Crippen molar-refractivity contribution in [2.24, 2.45) is 0 Å². The lowest BCUT2D eigenvalue weighted by Gasteiger charge is -2.20. The molecule has 0 unspecified atom stereocenters. The number of anilines is 1. The fourth-order valence-electron chi connectivity index (χ4n) is 2.08. The van der Waals surface area contributed by atoms with Crippen LogP contribution in [0.1, 0.15) is 26.3 Å². The Kier molecular flexibility index (Phi) is 6.68. The molecule has 28 heavy (non-hydrogen) atoms. The number of ether oxygens (including phenoxy) is 2. The van der Waals surface area contributed by atoms with Crippen LogP contribution in [0, 0.1) is 0 Å². The molecule has 1 amide bonds. The summed E-state index contributed by atoms with van der Waals surface area (Å²) in [6.07, 6.45) is 0.792. The zero-order chi connectivity index (χ0) is 20.9. The molecule has 0 aliphatic carbocycles. The maximum atomic E-state index is 12.5. The minimum atomic E-state index is -3.98. The number of nitrogens with zero attached hydrogens (tertiary/aromatic N) is 2. The summed E-state index contributed by atoms with van der Waals surface area (Å²) in [5.74, 6) is 0.173. The number of hydrogen-bond donors (Lipinski definition) is 2. The van der Waals surface area contributed by atoms with E-state index in [4.69, 9.17) is 21.1 Å². The highest BCUT2D eigenvalue weighted by Crippen LogP contribution is 2.23. The molecular weight excluding hydrogens is 408 g/mol. The van der Waals surface area contributed by atoms with Crippen LogP contribution in [0.2, 0.25) is 5.15 Å². The van der Waals surface area contributed by atoms with Gasteiger partial charge in [-0.05, 0) is 45.0 Å². The topological polar surface area (TPSA) is 120 Å². The Morgan fingerprint density at radius 1 is 1.25 bits per heavy atom. The highest BCUT2D eigenvalue weighted by molar-refractivity contribution is 7.92. The van der Waals surface area contributed by atoms with Crippen molar-refractivity contribution in [3.05, 3.63) is 41.2 Å². The van der Waals surface area contributed by atoms with Gasteiger partial charge in [0.15, 0.2) is 0 Å². The molecule has 2 aromatic heterocycles. The second-order valence-electron chi connectivity index (χ2n) is 6.62. The molecular formula is C17H21ClN4O5S. The average Bonchev–Trinajstić information content (AvgIpc) is 2.59. The normalized spacial score (nSPS) is 11.6. The van der Waals surface area contributed by atoms with E-state index in [0.29, 0.717) is 5.56 Å². The fraction of sp³-hybridized carbons (Fsp3) is 0.353. The summed E-state index contributed by atoms with van der Waals surface area (Å²) in [5.41, 5.74) is -0.0852. The quantitative estimate of drug-likeness (QED) is 0.678. The van der Waals surface area contributed by atoms with E-state index in [2.05, 4.69) is 20.0 Å². The van der Waals surface area contributed by atoms with Crippen LogP contribution < -0.4 is 14.8 Å². The van der Waals surface area contributed by atoms with Crippen molar-refractivity contribution < 1.29 is 22.7 Å². The molecule has 0 spiro atoms. The number of aromatic nitrogens is 2. The number of rotatable bonds is 6. The lowest BCUT2D eigenvalue weighted by atomic mass is 10.2. The number of sulfonamides is 1. The van der Waals surface area contributed by atoms with Gasteiger partial charge >= 0.3 is 6.09 Å². The molecule has 0 saturated carbocycles. The van der Waals surface area contributed by atoms with Gasteiger partial charge in [0.2, 0.25) is 5.88 Å². The number of halogens is 1. The first-order valence-electron chi connectivity index (χ1n) is 8.16. The van der Waals surface area contributed by atoms with Crippen LogP contribution >= 0.6 is 11.6 Å². The van der Waals surface area contributed by atoms with Crippen molar-refractivity contribution in [2.75, 3.05) is 11.8 Å². The van der Waals surface area contributed by atoms with Crippen LogP contribution in [0.3, 0.4) is 0 Å². The van der Waals surface area contributed by atoms with E-state index in [0.717, 1.165) is 0 Å². The molecule has 0 fully saturated rings. The Hall–Kier alpha value is -2.59. The first-order valence-corrected chi connectivity index (χ1v) is 10.0. The first kappa shape index (κ1) is 21.7. The Balaban J connectivity index is 2.15. The number of alkyl carbamates (subject to hydrolysis) is 1. The maximum absolute atomic E-state index is 12.5. The zero-order valence-electron chi connectivity index (χ0n) is 15.8. The smallest absolute Gasteiger partial charge is 0.407 e. The van der Waals surface area contributed by atoms with Gasteiger partial charge in [-0.2, -0.15) is 4.98 Å². The third-order valence-corrected chi connectivity index (χ3v) is 5.01. The summed E-state index contributed by atoms with van der Waals surface area (Å²) in [6.45, 7) is 5.35. The predicted octanol–water partition coefficient (Wildman–Crippen LogP) is 2.96. The summed E-state index contributed by atoms with van der Waals surface area (Å²) in [4.78, 5) is 19.5. The standard InChI is InChI=1S/C17H21ClN4O5S/c1-17(2,3)27-16(23)20-10-11-7-8-13(21-15(11)26-4)22-28(24,25)12-6-5-9-19-14(12)18/h5-9H,10H2,1-4H3,(H,20,23)(H,21,22). The van der Waals surface area contributed by atoms with Gasteiger partial charge in [-0.25, -0.2) is 18.2 Å². The fourth-order valence-corrected chi connectivity index (χ4v) is 3.54. The van der Waals surface area contributed by atoms with Crippen LogP contribution in [-0.2, 0) is 21.3 Å². The van der Waals surface area contributed by atoms with Crippen LogP contribution in [0.4, 0.5) is 10.6 Å². The molecule has 0 bridgehead atoms. The molecule has 9 nitrogen and oxygen atoms in total. The van der Waals surface area contributed by atoms with Gasteiger partial charge in [-0.3, -0.25) is 4.72 Å². The van der Waals surface area contributed by atoms with Gasteiger partial charge in [-0.15, -0.1) is 0 Å². The monoisotopic (exact) mass is 428 g/mol. The van der Waals surface area contributed by atoms with Gasteiger partial charge in [-0.1, -0.05) is 11.6 Å². The van der Waals surface area contributed by atoms with Crippen LogP contribution in [0.5, 0.6) is 5.88 Å². The highest BCUT2D eigenvalue weighted by Gasteiger charge is 2.20. The number of methoxy groups -OCH3 is 1. The predicted molar refractivity (Wildman–Crippen MR) is 104 cm³/mol. The van der Waals surface area contributed by atoms with Crippen LogP contribution in [0.15, 0.2) is 35.4 Å². The first-order chi connectivity index (χ1) is 13.0. The molecule has 2 rings (SSSR count).